The lowest BCUT2D eigenvalue weighted by Crippen LogP contribution is -2.45. The summed E-state index contributed by atoms with van der Waals surface area (Å²) in [7, 11) is 2.07. The highest BCUT2D eigenvalue weighted by Crippen LogP contribution is 2.11. The number of hydrogen-bond donors (Lipinski definition) is 1. The first-order valence-electron chi connectivity index (χ1n) is 6.92. The van der Waals surface area contributed by atoms with Crippen LogP contribution in [-0.2, 0) is 4.74 Å². The van der Waals surface area contributed by atoms with E-state index < -0.39 is 0 Å². The van der Waals surface area contributed by atoms with Crippen LogP contribution >= 0.6 is 0 Å². The van der Waals surface area contributed by atoms with Crippen molar-refractivity contribution in [2.45, 2.75) is 6.10 Å². The minimum atomic E-state index is 0.267. The van der Waals surface area contributed by atoms with Crippen LogP contribution in [0.4, 0.5) is 0 Å². The van der Waals surface area contributed by atoms with Gasteiger partial charge in [-0.2, -0.15) is 5.26 Å². The molecule has 5 nitrogen and oxygen atoms in total. The second-order valence-corrected chi connectivity index (χ2v) is 4.94. The van der Waals surface area contributed by atoms with Crippen molar-refractivity contribution in [3.05, 3.63) is 29.8 Å². The summed E-state index contributed by atoms with van der Waals surface area (Å²) in [6.45, 7) is 5.04. The Labute approximate surface area is 120 Å². The van der Waals surface area contributed by atoms with E-state index in [2.05, 4.69) is 23.3 Å². The van der Waals surface area contributed by atoms with E-state index in [0.717, 1.165) is 38.5 Å². The number of benzene rings is 1. The third kappa shape index (κ3) is 4.82. The standard InChI is InChI=1S/C15H21N3O2/c1-18(12-15-11-17-6-8-19-15)7-9-20-14-4-2-13(10-16)3-5-14/h2-5,15,17H,6-9,11-12H2,1H3. The summed E-state index contributed by atoms with van der Waals surface area (Å²) in [6.07, 6.45) is 0.267. The zero-order chi connectivity index (χ0) is 14.2. The topological polar surface area (TPSA) is 57.5 Å². The summed E-state index contributed by atoms with van der Waals surface area (Å²) in [5, 5.41) is 12.0. The normalized spacial score (nSPS) is 18.8. The quantitative estimate of drug-likeness (QED) is 0.834. The summed E-state index contributed by atoms with van der Waals surface area (Å²) < 4.78 is 11.3. The molecule has 1 saturated heterocycles. The summed E-state index contributed by atoms with van der Waals surface area (Å²) in [5.74, 6) is 0.799. The van der Waals surface area contributed by atoms with Crippen molar-refractivity contribution in [3.63, 3.8) is 0 Å². The fourth-order valence-electron chi connectivity index (χ4n) is 2.12. The van der Waals surface area contributed by atoms with Gasteiger partial charge in [0.15, 0.2) is 0 Å². The third-order valence-corrected chi connectivity index (χ3v) is 3.24. The number of hydrogen-bond acceptors (Lipinski definition) is 5. The minimum absolute atomic E-state index is 0.267. The number of morpholine rings is 1. The molecular weight excluding hydrogens is 254 g/mol. The van der Waals surface area contributed by atoms with Gasteiger partial charge in [-0.25, -0.2) is 0 Å². The Bertz CT molecular complexity index is 435. The Morgan fingerprint density at radius 2 is 2.25 bits per heavy atom. The minimum Gasteiger partial charge on any atom is -0.492 e. The van der Waals surface area contributed by atoms with E-state index in [4.69, 9.17) is 14.7 Å². The summed E-state index contributed by atoms with van der Waals surface area (Å²) in [4.78, 5) is 2.21. The molecule has 108 valence electrons. The van der Waals surface area contributed by atoms with Gasteiger partial charge in [-0.3, -0.25) is 0 Å². The van der Waals surface area contributed by atoms with Gasteiger partial charge in [0, 0.05) is 26.2 Å². The van der Waals surface area contributed by atoms with E-state index in [1.807, 2.05) is 12.1 Å². The van der Waals surface area contributed by atoms with E-state index >= 15 is 0 Å². The number of likely N-dealkylation sites (N-methyl/N-ethyl adjacent to an activating group) is 1. The van der Waals surface area contributed by atoms with Crippen molar-refractivity contribution in [3.8, 4) is 11.8 Å². The van der Waals surface area contributed by atoms with E-state index in [9.17, 15) is 0 Å². The molecule has 1 unspecified atom stereocenters. The Hall–Kier alpha value is -1.61. The second-order valence-electron chi connectivity index (χ2n) is 4.94. The van der Waals surface area contributed by atoms with Gasteiger partial charge in [-0.15, -0.1) is 0 Å². The molecule has 1 atom stereocenters. The molecule has 0 radical (unpaired) electrons. The molecule has 0 bridgehead atoms. The zero-order valence-electron chi connectivity index (χ0n) is 11.8. The molecule has 1 aromatic carbocycles. The maximum absolute atomic E-state index is 8.72. The molecule has 0 aromatic heterocycles. The van der Waals surface area contributed by atoms with Gasteiger partial charge in [0.25, 0.3) is 0 Å². The first-order chi connectivity index (χ1) is 9.78. The van der Waals surface area contributed by atoms with Crippen molar-refractivity contribution in [1.82, 2.24) is 10.2 Å². The lowest BCUT2D eigenvalue weighted by Gasteiger charge is -2.27. The van der Waals surface area contributed by atoms with Crippen LogP contribution in [0.2, 0.25) is 0 Å². The molecule has 1 aromatic rings. The second kappa shape index (κ2) is 7.85. The Morgan fingerprint density at radius 1 is 1.45 bits per heavy atom. The van der Waals surface area contributed by atoms with Crippen LogP contribution in [0.3, 0.4) is 0 Å². The first-order valence-corrected chi connectivity index (χ1v) is 6.92. The van der Waals surface area contributed by atoms with E-state index in [0.29, 0.717) is 12.2 Å². The van der Waals surface area contributed by atoms with Crippen molar-refractivity contribution in [2.24, 2.45) is 0 Å². The average Bonchev–Trinajstić information content (AvgIpc) is 2.49. The molecule has 1 aliphatic heterocycles. The molecule has 0 aliphatic carbocycles. The highest BCUT2D eigenvalue weighted by atomic mass is 16.5. The summed E-state index contributed by atoms with van der Waals surface area (Å²) in [6, 6.07) is 9.27. The fourth-order valence-corrected chi connectivity index (χ4v) is 2.12. The highest BCUT2D eigenvalue weighted by molar-refractivity contribution is 5.34. The van der Waals surface area contributed by atoms with E-state index in [-0.39, 0.29) is 6.10 Å². The molecule has 0 spiro atoms. The maximum atomic E-state index is 8.72. The Kier molecular flexibility index (Phi) is 5.81. The molecule has 1 aliphatic rings. The van der Waals surface area contributed by atoms with Gasteiger partial charge in [0.05, 0.1) is 24.3 Å². The predicted molar refractivity (Wildman–Crippen MR) is 76.8 cm³/mol. The van der Waals surface area contributed by atoms with Gasteiger partial charge in [0.1, 0.15) is 12.4 Å². The molecule has 0 saturated carbocycles. The number of nitriles is 1. The molecule has 20 heavy (non-hydrogen) atoms. The van der Waals surface area contributed by atoms with Crippen LogP contribution in [0, 0.1) is 11.3 Å². The first kappa shape index (κ1) is 14.8. The third-order valence-electron chi connectivity index (χ3n) is 3.24. The monoisotopic (exact) mass is 275 g/mol. The molecule has 5 heteroatoms. The summed E-state index contributed by atoms with van der Waals surface area (Å²) >= 11 is 0. The molecule has 2 rings (SSSR count). The van der Waals surface area contributed by atoms with Gasteiger partial charge in [-0.05, 0) is 31.3 Å². The maximum Gasteiger partial charge on any atom is 0.119 e. The van der Waals surface area contributed by atoms with Crippen molar-refractivity contribution in [2.75, 3.05) is 46.4 Å². The fraction of sp³-hybridized carbons (Fsp3) is 0.533. The van der Waals surface area contributed by atoms with Crippen LogP contribution in [-0.4, -0.2) is 57.4 Å². The van der Waals surface area contributed by atoms with Gasteiger partial charge in [0.2, 0.25) is 0 Å². The summed E-state index contributed by atoms with van der Waals surface area (Å²) in [5.41, 5.74) is 0.649. The van der Waals surface area contributed by atoms with Crippen molar-refractivity contribution >= 4 is 0 Å². The largest absolute Gasteiger partial charge is 0.492 e. The lowest BCUT2D eigenvalue weighted by molar-refractivity contribution is 0.00848. The molecule has 1 N–H and O–H groups in total. The van der Waals surface area contributed by atoms with Gasteiger partial charge < -0.3 is 19.7 Å². The van der Waals surface area contributed by atoms with Crippen LogP contribution < -0.4 is 10.1 Å². The van der Waals surface area contributed by atoms with Crippen LogP contribution in [0.15, 0.2) is 24.3 Å². The lowest BCUT2D eigenvalue weighted by atomic mass is 10.2. The molecule has 1 fully saturated rings. The Morgan fingerprint density at radius 3 is 2.90 bits per heavy atom. The van der Waals surface area contributed by atoms with Crippen LogP contribution in [0.1, 0.15) is 5.56 Å². The number of ether oxygens (including phenoxy) is 2. The SMILES string of the molecule is CN(CCOc1ccc(C#N)cc1)CC1CNCCO1. The zero-order valence-corrected chi connectivity index (χ0v) is 11.8. The highest BCUT2D eigenvalue weighted by Gasteiger charge is 2.15. The van der Waals surface area contributed by atoms with Crippen molar-refractivity contribution < 1.29 is 9.47 Å². The average molecular weight is 275 g/mol. The van der Waals surface area contributed by atoms with Crippen LogP contribution in [0.25, 0.3) is 0 Å². The molecule has 0 amide bonds. The number of nitrogens with one attached hydrogen (secondary N) is 1. The Balaban J connectivity index is 1.65. The molecular formula is C15H21N3O2. The number of rotatable bonds is 6. The number of nitrogens with zero attached hydrogens (tertiary/aromatic N) is 2. The van der Waals surface area contributed by atoms with Gasteiger partial charge >= 0.3 is 0 Å². The molecule has 1 heterocycles. The van der Waals surface area contributed by atoms with Crippen molar-refractivity contribution in [1.29, 1.82) is 5.26 Å². The van der Waals surface area contributed by atoms with Crippen LogP contribution in [0.5, 0.6) is 5.75 Å². The predicted octanol–water partition coefficient (Wildman–Crippen LogP) is 0.857. The smallest absolute Gasteiger partial charge is 0.119 e. The van der Waals surface area contributed by atoms with E-state index in [1.54, 1.807) is 12.1 Å². The van der Waals surface area contributed by atoms with E-state index in [1.165, 1.54) is 0 Å². The van der Waals surface area contributed by atoms with Gasteiger partial charge in [-0.1, -0.05) is 0 Å².